The van der Waals surface area contributed by atoms with Crippen LogP contribution < -0.4 is 15.9 Å². The van der Waals surface area contributed by atoms with Gasteiger partial charge in [0.05, 0.1) is 0 Å². The topological polar surface area (TPSA) is 43.1 Å². The molecule has 0 aliphatic heterocycles. The van der Waals surface area contributed by atoms with Crippen LogP contribution in [-0.4, -0.2) is 4.92 Å². The molecular formula is C25H22NO2P. The molecule has 0 N–H and O–H groups in total. The molecule has 4 aromatic rings. The van der Waals surface area contributed by atoms with Crippen LogP contribution in [0, 0.1) is 10.1 Å². The average molecular weight is 399 g/mol. The molecule has 0 fully saturated rings. The van der Waals surface area contributed by atoms with Crippen molar-refractivity contribution in [2.45, 2.75) is 6.16 Å². The fourth-order valence-electron chi connectivity index (χ4n) is 4.10. The van der Waals surface area contributed by atoms with Gasteiger partial charge in [-0.25, -0.2) is 0 Å². The molecule has 144 valence electrons. The van der Waals surface area contributed by atoms with E-state index in [1.807, 2.05) is 30.3 Å². The molecule has 0 amide bonds. The van der Waals surface area contributed by atoms with Gasteiger partial charge in [-0.05, 0) is 0 Å². The molecule has 4 rings (SSSR count). The summed E-state index contributed by atoms with van der Waals surface area (Å²) in [7, 11) is -2.55. The Morgan fingerprint density at radius 3 is 1.38 bits per heavy atom. The van der Waals surface area contributed by atoms with Crippen LogP contribution in [0.15, 0.2) is 115 Å². The maximum absolute atomic E-state index is 11.7. The van der Waals surface area contributed by atoms with E-state index in [1.54, 1.807) is 12.1 Å². The first-order valence-corrected chi connectivity index (χ1v) is 11.8. The zero-order valence-electron chi connectivity index (χ0n) is 15.9. The van der Waals surface area contributed by atoms with Crippen molar-refractivity contribution >= 4 is 28.9 Å². The first kappa shape index (κ1) is 19.0. The van der Waals surface area contributed by atoms with E-state index in [4.69, 9.17) is 0 Å². The van der Waals surface area contributed by atoms with Crippen molar-refractivity contribution in [2.24, 2.45) is 0 Å². The summed E-state index contributed by atoms with van der Waals surface area (Å²) in [6.07, 6.45) is 0.627. The molecule has 0 aliphatic rings. The van der Waals surface area contributed by atoms with E-state index in [1.165, 1.54) is 15.9 Å². The Bertz CT molecular complexity index is 1000. The van der Waals surface area contributed by atoms with E-state index >= 15 is 0 Å². The number of nitrogens with zero attached hydrogens (tertiary/aromatic N) is 1. The van der Waals surface area contributed by atoms with E-state index in [2.05, 4.69) is 72.8 Å². The SMILES string of the molecule is O=[N+]([O-])c1ccccc1C[PH](c1ccccc1)(c1ccccc1)c1ccccc1. The van der Waals surface area contributed by atoms with Gasteiger partial charge in [-0.2, -0.15) is 0 Å². The number of nitro groups is 1. The Hall–Kier alpha value is -3.29. The van der Waals surface area contributed by atoms with Crippen LogP contribution in [0.2, 0.25) is 0 Å². The molecule has 0 unspecified atom stereocenters. The Labute approximate surface area is 171 Å². The van der Waals surface area contributed by atoms with E-state index in [9.17, 15) is 10.1 Å². The molecule has 0 heterocycles. The zero-order chi connectivity index (χ0) is 20.1. The molecule has 3 nitrogen and oxygen atoms in total. The van der Waals surface area contributed by atoms with Crippen molar-refractivity contribution in [3.05, 3.63) is 131 Å². The molecular weight excluding hydrogens is 377 g/mol. The normalized spacial score (nSPS) is 11.7. The fraction of sp³-hybridized carbons (Fsp3) is 0.0400. The standard InChI is InChI=1S/C25H22NO2P/c27-26(28)25-19-11-10-12-21(25)20-29(22-13-4-1-5-14-22,23-15-6-2-7-16-23)24-17-8-3-9-18-24/h1-19,29H,20H2. The van der Waals surface area contributed by atoms with E-state index in [-0.39, 0.29) is 10.6 Å². The third kappa shape index (κ3) is 3.70. The molecule has 0 spiro atoms. The predicted octanol–water partition coefficient (Wildman–Crippen LogP) is 4.82. The second-order valence-electron chi connectivity index (χ2n) is 7.07. The number of nitro benzene ring substituents is 1. The monoisotopic (exact) mass is 399 g/mol. The first-order valence-electron chi connectivity index (χ1n) is 9.61. The van der Waals surface area contributed by atoms with Gasteiger partial charge in [-0.1, -0.05) is 0 Å². The fourth-order valence-corrected chi connectivity index (χ4v) is 8.87. The summed E-state index contributed by atoms with van der Waals surface area (Å²) >= 11 is 0. The molecule has 0 saturated heterocycles. The molecule has 0 bridgehead atoms. The first-order chi connectivity index (χ1) is 14.2. The van der Waals surface area contributed by atoms with Gasteiger partial charge in [0.1, 0.15) is 0 Å². The Morgan fingerprint density at radius 1 is 0.586 bits per heavy atom. The number of hydrogen-bond acceptors (Lipinski definition) is 2. The average Bonchev–Trinajstić information content (AvgIpc) is 2.79. The van der Waals surface area contributed by atoms with Crippen LogP contribution >= 0.6 is 7.26 Å². The van der Waals surface area contributed by atoms with Crippen LogP contribution in [-0.2, 0) is 6.16 Å². The van der Waals surface area contributed by atoms with Crippen molar-refractivity contribution < 1.29 is 4.92 Å². The molecule has 0 aliphatic carbocycles. The molecule has 29 heavy (non-hydrogen) atoms. The second kappa shape index (κ2) is 8.38. The molecule has 0 radical (unpaired) electrons. The van der Waals surface area contributed by atoms with Gasteiger partial charge < -0.3 is 0 Å². The van der Waals surface area contributed by atoms with Crippen molar-refractivity contribution in [1.82, 2.24) is 0 Å². The van der Waals surface area contributed by atoms with Gasteiger partial charge in [0.25, 0.3) is 0 Å². The molecule has 0 atom stereocenters. The summed E-state index contributed by atoms with van der Waals surface area (Å²) in [5.74, 6) is 0. The number of benzene rings is 4. The summed E-state index contributed by atoms with van der Waals surface area (Å²) in [4.78, 5) is 11.5. The van der Waals surface area contributed by atoms with Crippen LogP contribution in [0.1, 0.15) is 5.56 Å². The summed E-state index contributed by atoms with van der Waals surface area (Å²) < 4.78 is 0. The van der Waals surface area contributed by atoms with E-state index in [0.717, 1.165) is 5.56 Å². The van der Waals surface area contributed by atoms with Crippen LogP contribution in [0.25, 0.3) is 0 Å². The van der Waals surface area contributed by atoms with Gasteiger partial charge in [-0.3, -0.25) is 0 Å². The second-order valence-corrected chi connectivity index (χ2v) is 11.0. The Kier molecular flexibility index (Phi) is 5.50. The summed E-state index contributed by atoms with van der Waals surface area (Å²) in [5, 5.41) is 15.5. The summed E-state index contributed by atoms with van der Waals surface area (Å²) in [5.41, 5.74) is 0.966. The zero-order valence-corrected chi connectivity index (χ0v) is 16.9. The summed E-state index contributed by atoms with van der Waals surface area (Å²) in [6.45, 7) is 0. The number of rotatable bonds is 6. The van der Waals surface area contributed by atoms with Crippen molar-refractivity contribution in [3.63, 3.8) is 0 Å². The maximum atomic E-state index is 11.7. The van der Waals surface area contributed by atoms with Crippen LogP contribution in [0.4, 0.5) is 5.69 Å². The molecule has 4 heteroatoms. The quantitative estimate of drug-likeness (QED) is 0.265. The van der Waals surface area contributed by atoms with Crippen molar-refractivity contribution in [2.75, 3.05) is 0 Å². The van der Waals surface area contributed by atoms with Gasteiger partial charge in [0.2, 0.25) is 0 Å². The third-order valence-electron chi connectivity index (χ3n) is 5.44. The Morgan fingerprint density at radius 2 is 0.966 bits per heavy atom. The van der Waals surface area contributed by atoms with Gasteiger partial charge in [-0.15, -0.1) is 0 Å². The van der Waals surface area contributed by atoms with E-state index in [0.29, 0.717) is 6.16 Å². The van der Waals surface area contributed by atoms with Gasteiger partial charge in [0.15, 0.2) is 0 Å². The molecule has 0 aromatic heterocycles. The van der Waals surface area contributed by atoms with Crippen LogP contribution in [0.5, 0.6) is 0 Å². The number of hydrogen-bond donors (Lipinski definition) is 0. The van der Waals surface area contributed by atoms with Crippen LogP contribution in [0.3, 0.4) is 0 Å². The van der Waals surface area contributed by atoms with Crippen molar-refractivity contribution in [3.8, 4) is 0 Å². The predicted molar refractivity (Wildman–Crippen MR) is 123 cm³/mol. The van der Waals surface area contributed by atoms with E-state index < -0.39 is 7.26 Å². The van der Waals surface area contributed by atoms with Gasteiger partial charge in [0, 0.05) is 0 Å². The minimum absolute atomic E-state index is 0.187. The molecule has 4 aromatic carbocycles. The molecule has 0 saturated carbocycles. The Balaban J connectivity index is 2.03. The van der Waals surface area contributed by atoms with Gasteiger partial charge >= 0.3 is 171 Å². The summed E-state index contributed by atoms with van der Waals surface area (Å²) in [6, 6.07) is 38.5. The minimum atomic E-state index is -2.55. The van der Waals surface area contributed by atoms with Crippen molar-refractivity contribution in [1.29, 1.82) is 0 Å². The number of para-hydroxylation sites is 1. The third-order valence-corrected chi connectivity index (χ3v) is 10.3.